The summed E-state index contributed by atoms with van der Waals surface area (Å²) >= 11 is 0. The summed E-state index contributed by atoms with van der Waals surface area (Å²) in [7, 11) is 0.619. The number of nitrogens with zero attached hydrogens (tertiary/aromatic N) is 1. The molecule has 0 spiro atoms. The first kappa shape index (κ1) is 21.5. The van der Waals surface area contributed by atoms with Crippen LogP contribution in [-0.4, -0.2) is 45.8 Å². The van der Waals surface area contributed by atoms with Gasteiger partial charge in [-0.15, -0.1) is 0 Å². The summed E-state index contributed by atoms with van der Waals surface area (Å²) in [6, 6.07) is 14.4. The lowest BCUT2D eigenvalue weighted by molar-refractivity contribution is -0.872. The summed E-state index contributed by atoms with van der Waals surface area (Å²) in [5, 5.41) is 2.93. The zero-order valence-corrected chi connectivity index (χ0v) is 18.0. The molecule has 0 saturated carbocycles. The van der Waals surface area contributed by atoms with Gasteiger partial charge in [-0.25, -0.2) is 8.42 Å². The van der Waals surface area contributed by atoms with E-state index in [4.69, 9.17) is 0 Å². The van der Waals surface area contributed by atoms with E-state index in [9.17, 15) is 13.2 Å². The van der Waals surface area contributed by atoms with Crippen molar-refractivity contribution >= 4 is 15.9 Å². The number of rotatable bonds is 7. The van der Waals surface area contributed by atoms with E-state index >= 15 is 0 Å². The van der Waals surface area contributed by atoms with E-state index in [1.165, 1.54) is 20.8 Å². The second kappa shape index (κ2) is 9.52. The minimum atomic E-state index is -3.55. The fourth-order valence-electron chi connectivity index (χ4n) is 3.61. The smallest absolute Gasteiger partial charge is 0.251 e. The van der Waals surface area contributed by atoms with E-state index in [1.807, 2.05) is 18.2 Å². The van der Waals surface area contributed by atoms with Crippen LogP contribution in [0, 0.1) is 0 Å². The van der Waals surface area contributed by atoms with Crippen LogP contribution in [0.1, 0.15) is 40.7 Å². The third-order valence-corrected chi connectivity index (χ3v) is 7.05. The number of piperidine rings is 1. The van der Waals surface area contributed by atoms with Crippen LogP contribution in [0.25, 0.3) is 0 Å². The quantitative estimate of drug-likeness (QED) is 0.718. The molecule has 1 aliphatic rings. The second-order valence-electron chi connectivity index (χ2n) is 7.83. The molecule has 0 unspecified atom stereocenters. The standard InChI is InChI=1S/C22H29N3O3S/c1-24(2)17-20-10-5-4-9-19(20)16-23-22(26)18-11-8-12-21(15-18)29(27,28)25-13-6-3-7-14-25/h4-5,8-12,15H,3,6-7,13-14,16-17H2,1-2H3,(H,23,26)/p+1. The summed E-state index contributed by atoms with van der Waals surface area (Å²) in [4.78, 5) is 14.2. The Kier molecular flexibility index (Phi) is 7.05. The molecule has 2 N–H and O–H groups in total. The molecule has 0 aliphatic carbocycles. The Balaban J connectivity index is 1.72. The van der Waals surface area contributed by atoms with Gasteiger partial charge in [0.25, 0.3) is 5.91 Å². The SMILES string of the molecule is C[NH+](C)Cc1ccccc1CNC(=O)c1cccc(S(=O)(=O)N2CCCCC2)c1. The Hall–Kier alpha value is -2.22. The van der Waals surface area contributed by atoms with Gasteiger partial charge in [0.1, 0.15) is 6.54 Å². The molecular formula is C22H30N3O3S+. The predicted octanol–water partition coefficient (Wildman–Crippen LogP) is 1.44. The molecule has 2 aromatic carbocycles. The van der Waals surface area contributed by atoms with Crippen molar-refractivity contribution < 1.29 is 18.1 Å². The minimum absolute atomic E-state index is 0.184. The number of hydrogen-bond acceptors (Lipinski definition) is 3. The van der Waals surface area contributed by atoms with Crippen molar-refractivity contribution in [2.45, 2.75) is 37.2 Å². The van der Waals surface area contributed by atoms with E-state index < -0.39 is 10.0 Å². The predicted molar refractivity (Wildman–Crippen MR) is 113 cm³/mol. The lowest BCUT2D eigenvalue weighted by Gasteiger charge is -2.26. The fourth-order valence-corrected chi connectivity index (χ4v) is 5.18. The lowest BCUT2D eigenvalue weighted by atomic mass is 10.1. The van der Waals surface area contributed by atoms with Crippen molar-refractivity contribution in [3.05, 3.63) is 65.2 Å². The molecule has 1 heterocycles. The molecule has 6 nitrogen and oxygen atoms in total. The summed E-state index contributed by atoms with van der Waals surface area (Å²) in [5.41, 5.74) is 2.62. The molecule has 156 valence electrons. The van der Waals surface area contributed by atoms with Gasteiger partial charge in [0.05, 0.1) is 19.0 Å². The molecule has 0 atom stereocenters. The first-order chi connectivity index (χ1) is 13.9. The number of nitrogens with one attached hydrogen (secondary N) is 2. The summed E-state index contributed by atoms with van der Waals surface area (Å²) < 4.78 is 27.3. The number of benzene rings is 2. The van der Waals surface area contributed by atoms with Crippen LogP contribution in [0.15, 0.2) is 53.4 Å². The minimum Gasteiger partial charge on any atom is -0.348 e. The molecule has 0 aromatic heterocycles. The highest BCUT2D eigenvalue weighted by Crippen LogP contribution is 2.21. The molecule has 0 bridgehead atoms. The van der Waals surface area contributed by atoms with Gasteiger partial charge in [-0.3, -0.25) is 4.79 Å². The first-order valence-corrected chi connectivity index (χ1v) is 11.6. The van der Waals surface area contributed by atoms with Crippen molar-refractivity contribution in [2.75, 3.05) is 27.2 Å². The van der Waals surface area contributed by atoms with Crippen LogP contribution in [0.5, 0.6) is 0 Å². The van der Waals surface area contributed by atoms with Gasteiger partial charge in [0, 0.05) is 30.8 Å². The lowest BCUT2D eigenvalue weighted by Crippen LogP contribution is -3.04. The Morgan fingerprint density at radius 3 is 2.38 bits per heavy atom. The van der Waals surface area contributed by atoms with Gasteiger partial charge in [-0.05, 0) is 36.6 Å². The number of quaternary nitrogens is 1. The molecule has 1 amide bonds. The normalized spacial score (nSPS) is 15.4. The van der Waals surface area contributed by atoms with Crippen molar-refractivity contribution in [1.29, 1.82) is 0 Å². The van der Waals surface area contributed by atoms with E-state index in [-0.39, 0.29) is 10.8 Å². The highest BCUT2D eigenvalue weighted by atomic mass is 32.2. The fraction of sp³-hybridized carbons (Fsp3) is 0.409. The van der Waals surface area contributed by atoms with Crippen LogP contribution in [0.4, 0.5) is 0 Å². The highest BCUT2D eigenvalue weighted by molar-refractivity contribution is 7.89. The van der Waals surface area contributed by atoms with E-state index in [0.29, 0.717) is 25.2 Å². The van der Waals surface area contributed by atoms with Crippen molar-refractivity contribution in [1.82, 2.24) is 9.62 Å². The second-order valence-corrected chi connectivity index (χ2v) is 9.77. The van der Waals surface area contributed by atoms with Crippen LogP contribution < -0.4 is 10.2 Å². The number of sulfonamides is 1. The van der Waals surface area contributed by atoms with Gasteiger partial charge in [0.2, 0.25) is 10.0 Å². The van der Waals surface area contributed by atoms with Gasteiger partial charge in [0.15, 0.2) is 0 Å². The summed E-state index contributed by atoms with van der Waals surface area (Å²) in [6.45, 7) is 2.37. The average Bonchev–Trinajstić information content (AvgIpc) is 2.73. The monoisotopic (exact) mass is 416 g/mol. The van der Waals surface area contributed by atoms with E-state index in [1.54, 1.807) is 18.2 Å². The molecule has 1 fully saturated rings. The van der Waals surface area contributed by atoms with Crippen LogP contribution >= 0.6 is 0 Å². The van der Waals surface area contributed by atoms with Crippen molar-refractivity contribution in [2.24, 2.45) is 0 Å². The highest BCUT2D eigenvalue weighted by Gasteiger charge is 2.26. The maximum Gasteiger partial charge on any atom is 0.251 e. The number of amides is 1. The molecular weight excluding hydrogens is 386 g/mol. The number of carbonyl (C=O) groups excluding carboxylic acids is 1. The molecule has 7 heteroatoms. The van der Waals surface area contributed by atoms with Gasteiger partial charge < -0.3 is 10.2 Å². The molecule has 0 radical (unpaired) electrons. The third-order valence-electron chi connectivity index (χ3n) is 5.15. The summed E-state index contributed by atoms with van der Waals surface area (Å²) in [6.07, 6.45) is 2.83. The average molecular weight is 417 g/mol. The van der Waals surface area contributed by atoms with Crippen LogP contribution in [0.3, 0.4) is 0 Å². The molecule has 3 rings (SSSR count). The van der Waals surface area contributed by atoms with E-state index in [0.717, 1.165) is 31.4 Å². The van der Waals surface area contributed by atoms with Gasteiger partial charge in [-0.1, -0.05) is 36.8 Å². The van der Waals surface area contributed by atoms with Crippen LogP contribution in [-0.2, 0) is 23.1 Å². The topological polar surface area (TPSA) is 70.9 Å². The Morgan fingerprint density at radius 1 is 1.00 bits per heavy atom. The Bertz CT molecular complexity index is 951. The zero-order valence-electron chi connectivity index (χ0n) is 17.1. The van der Waals surface area contributed by atoms with Gasteiger partial charge >= 0.3 is 0 Å². The van der Waals surface area contributed by atoms with Crippen LogP contribution in [0.2, 0.25) is 0 Å². The number of hydrogen-bond donors (Lipinski definition) is 2. The Labute approximate surface area is 173 Å². The largest absolute Gasteiger partial charge is 0.348 e. The van der Waals surface area contributed by atoms with Crippen molar-refractivity contribution in [3.63, 3.8) is 0 Å². The maximum absolute atomic E-state index is 12.9. The van der Waals surface area contributed by atoms with E-state index in [2.05, 4.69) is 25.5 Å². The van der Waals surface area contributed by atoms with Gasteiger partial charge in [-0.2, -0.15) is 4.31 Å². The zero-order chi connectivity index (χ0) is 20.9. The summed E-state index contributed by atoms with van der Waals surface area (Å²) in [5.74, 6) is -0.271. The van der Waals surface area contributed by atoms with Crippen molar-refractivity contribution in [3.8, 4) is 0 Å². The molecule has 2 aromatic rings. The maximum atomic E-state index is 12.9. The first-order valence-electron chi connectivity index (χ1n) is 10.1. The third kappa shape index (κ3) is 5.44. The molecule has 29 heavy (non-hydrogen) atoms. The molecule has 1 aliphatic heterocycles. The molecule has 1 saturated heterocycles. The Morgan fingerprint density at radius 2 is 1.69 bits per heavy atom. The number of carbonyl (C=O) groups is 1.